The molecule has 0 atom stereocenters. The van der Waals surface area contributed by atoms with E-state index in [9.17, 15) is 8.22 Å². The van der Waals surface area contributed by atoms with Crippen LogP contribution < -0.4 is 26.2 Å². The van der Waals surface area contributed by atoms with Gasteiger partial charge < -0.3 is 14.4 Å². The largest absolute Gasteiger partial charge is 0.310 e. The Kier molecular flexibility index (Phi) is 11.1. The number of nitrogens with zero attached hydrogens (tertiary/aromatic N) is 5. The summed E-state index contributed by atoms with van der Waals surface area (Å²) in [6.45, 7) is 12.9. The molecular weight excluding hydrogens is 1090 g/mol. The molecule has 2 aliphatic heterocycles. The van der Waals surface area contributed by atoms with Crippen LogP contribution in [0, 0.1) is 0 Å². The van der Waals surface area contributed by atoms with Crippen molar-refractivity contribution in [1.82, 2.24) is 14.5 Å². The van der Waals surface area contributed by atoms with E-state index in [0.29, 0.717) is 17.1 Å². The summed E-state index contributed by atoms with van der Waals surface area (Å²) in [5.74, 6) is 0. The van der Waals surface area contributed by atoms with Crippen LogP contribution in [0.5, 0.6) is 0 Å². The maximum absolute atomic E-state index is 9.97. The summed E-state index contributed by atoms with van der Waals surface area (Å²) in [5.41, 5.74) is 21.5. The zero-order valence-electron chi connectivity index (χ0n) is 58.9. The SMILES string of the molecule is [2H]c1c([2H])c([2H])c2c(c1[2H])c1c([2H])c([2H])c([2H])c([2H])c1n2-c1cc2c3c(c1)N(c1c(-c4ccccc4)cncc1-c1ccccc1)c1ccc(-c4ccc(C(C)(C)C)cc4)cc1B3c1cc(-c3ccc(C(C)(C)C)cc3)ccc1N2c1c(-c2ccccc2)cncc1-c1ccccc1. The van der Waals surface area contributed by atoms with Crippen molar-refractivity contribution in [2.24, 2.45) is 0 Å². The van der Waals surface area contributed by atoms with Crippen LogP contribution in [-0.4, -0.2) is 21.2 Å². The van der Waals surface area contributed by atoms with Crippen molar-refractivity contribution in [1.29, 1.82) is 0 Å². The first-order valence-corrected chi connectivity index (χ1v) is 30.7. The van der Waals surface area contributed by atoms with E-state index in [0.717, 1.165) is 106 Å². The summed E-state index contributed by atoms with van der Waals surface area (Å²) < 4.78 is 77.9. The van der Waals surface area contributed by atoms with E-state index >= 15 is 0 Å². The molecule has 90 heavy (non-hydrogen) atoms. The highest BCUT2D eigenvalue weighted by Crippen LogP contribution is 2.54. The fraction of sp³-hybridized carbons (Fsp3) is 0.0952. The van der Waals surface area contributed by atoms with Gasteiger partial charge in [0.25, 0.3) is 6.71 Å². The molecule has 0 amide bonds. The Morgan fingerprint density at radius 2 is 0.678 bits per heavy atom. The third kappa shape index (κ3) is 9.16. The molecule has 6 heteroatoms. The van der Waals surface area contributed by atoms with Gasteiger partial charge in [-0.2, -0.15) is 0 Å². The predicted octanol–water partition coefficient (Wildman–Crippen LogP) is 20.3. The molecule has 430 valence electrons. The van der Waals surface area contributed by atoms with Crippen molar-refractivity contribution in [2.75, 3.05) is 9.80 Å². The molecule has 0 saturated heterocycles. The Labute approximate surface area is 539 Å². The van der Waals surface area contributed by atoms with Gasteiger partial charge in [0.1, 0.15) is 0 Å². The summed E-state index contributed by atoms with van der Waals surface area (Å²) in [6, 6.07) is 73.0. The Morgan fingerprint density at radius 1 is 0.344 bits per heavy atom. The molecule has 14 aromatic rings. The highest BCUT2D eigenvalue weighted by atomic mass is 15.2. The second kappa shape index (κ2) is 21.5. The van der Waals surface area contributed by atoms with E-state index in [2.05, 4.69) is 197 Å². The van der Waals surface area contributed by atoms with Gasteiger partial charge in [0.15, 0.2) is 0 Å². The second-order valence-electron chi connectivity index (χ2n) is 25.6. The van der Waals surface area contributed by atoms with Crippen LogP contribution in [0.1, 0.15) is 63.6 Å². The van der Waals surface area contributed by atoms with Gasteiger partial charge in [-0.05, 0) is 119 Å². The third-order valence-corrected chi connectivity index (χ3v) is 18.1. The number of para-hydroxylation sites is 2. The first kappa shape index (κ1) is 46.4. The van der Waals surface area contributed by atoms with E-state index in [1.165, 1.54) is 11.1 Å². The number of aromatic nitrogens is 3. The lowest BCUT2D eigenvalue weighted by molar-refractivity contribution is 0.590. The van der Waals surface area contributed by atoms with Gasteiger partial charge in [-0.3, -0.25) is 9.97 Å². The smallest absolute Gasteiger partial charge is 0.252 e. The van der Waals surface area contributed by atoms with Crippen molar-refractivity contribution in [2.45, 2.75) is 52.4 Å². The fourth-order valence-electron chi connectivity index (χ4n) is 13.7. The maximum Gasteiger partial charge on any atom is 0.252 e. The Hall–Kier alpha value is -10.8. The van der Waals surface area contributed by atoms with Crippen LogP contribution in [0.25, 0.3) is 94.3 Å². The van der Waals surface area contributed by atoms with Gasteiger partial charge in [0.05, 0.1) is 39.1 Å². The summed E-state index contributed by atoms with van der Waals surface area (Å²) in [4.78, 5) is 14.8. The molecule has 11 aromatic carbocycles. The Bertz CT molecular complexity index is 5110. The molecule has 5 heterocycles. The molecule has 0 aliphatic carbocycles. The van der Waals surface area contributed by atoms with Crippen molar-refractivity contribution in [3.8, 4) is 72.4 Å². The average molecular weight is 1160 g/mol. The maximum atomic E-state index is 9.97. The summed E-state index contributed by atoms with van der Waals surface area (Å²) in [7, 11) is 0. The molecule has 0 unspecified atom stereocenters. The normalized spacial score (nSPS) is 14.0. The van der Waals surface area contributed by atoms with Crippen molar-refractivity contribution in [3.63, 3.8) is 0 Å². The molecule has 0 fully saturated rings. The number of hydrogen-bond acceptors (Lipinski definition) is 4. The molecule has 0 spiro atoms. The zero-order valence-corrected chi connectivity index (χ0v) is 50.9. The topological polar surface area (TPSA) is 37.2 Å². The number of pyridine rings is 2. The van der Waals surface area contributed by atoms with Crippen LogP contribution in [0.15, 0.2) is 292 Å². The summed E-state index contributed by atoms with van der Waals surface area (Å²) in [5, 5.41) is -0.0343. The average Bonchev–Trinajstić information content (AvgIpc) is 0.896. The van der Waals surface area contributed by atoms with Gasteiger partial charge >= 0.3 is 0 Å². The quantitative estimate of drug-likeness (QED) is 0.135. The van der Waals surface area contributed by atoms with E-state index in [1.807, 2.05) is 97.6 Å². The highest BCUT2D eigenvalue weighted by Gasteiger charge is 2.46. The highest BCUT2D eigenvalue weighted by molar-refractivity contribution is 7.00. The predicted molar refractivity (Wildman–Crippen MR) is 380 cm³/mol. The zero-order chi connectivity index (χ0) is 67.8. The lowest BCUT2D eigenvalue weighted by Gasteiger charge is -2.46. The summed E-state index contributed by atoms with van der Waals surface area (Å²) in [6.07, 6.45) is 7.71. The van der Waals surface area contributed by atoms with Crippen LogP contribution in [0.4, 0.5) is 34.1 Å². The molecule has 16 rings (SSSR count). The van der Waals surface area contributed by atoms with Crippen molar-refractivity contribution in [3.05, 3.63) is 303 Å². The second-order valence-corrected chi connectivity index (χ2v) is 25.6. The van der Waals surface area contributed by atoms with Gasteiger partial charge in [-0.25, -0.2) is 0 Å². The molecule has 0 N–H and O–H groups in total. The van der Waals surface area contributed by atoms with Crippen LogP contribution in [-0.2, 0) is 10.8 Å². The minimum absolute atomic E-state index is 0.00850. The van der Waals surface area contributed by atoms with E-state index in [1.54, 1.807) is 4.57 Å². The first-order chi connectivity index (χ1) is 47.3. The standard InChI is InChI=1S/C84H66BN5/c1-83(2,3)63-41-35-55(36-42-63)61-39-45-76-72(47-61)85-73-48-62(56-37-43-64(44-38-56)84(4,5)6)40-46-77(73)90(82-70(59-27-15-9-16-28-59)53-87-54-71(82)60-29-17-10-18-30-60)79-50-65(88-74-33-21-19-31-66(74)67-32-20-22-34-75(67)88)49-78(80(79)85)89(76)81-68(57-23-11-7-12-24-57)51-86-52-69(81)58-25-13-8-14-26-58/h7-54H,1-6H3/i19D,20D,21D,22D,31D,32D,33D,34D. The fourth-order valence-corrected chi connectivity index (χ4v) is 13.7. The molecule has 5 nitrogen and oxygen atoms in total. The number of benzene rings is 11. The summed E-state index contributed by atoms with van der Waals surface area (Å²) >= 11 is 0. The number of fused-ring (bicyclic) bond motifs is 7. The lowest BCUT2D eigenvalue weighted by atomic mass is 9.33. The van der Waals surface area contributed by atoms with E-state index in [4.69, 9.17) is 12.7 Å². The molecule has 0 radical (unpaired) electrons. The van der Waals surface area contributed by atoms with Crippen molar-refractivity contribution >= 4 is 79.0 Å². The van der Waals surface area contributed by atoms with Crippen molar-refractivity contribution < 1.29 is 11.0 Å². The van der Waals surface area contributed by atoms with Gasteiger partial charge in [0.2, 0.25) is 0 Å². The van der Waals surface area contributed by atoms with Gasteiger partial charge in [-0.1, -0.05) is 272 Å². The minimum atomic E-state index is -0.522. The van der Waals surface area contributed by atoms with Crippen LogP contribution in [0.3, 0.4) is 0 Å². The number of anilines is 6. The van der Waals surface area contributed by atoms with E-state index in [-0.39, 0.29) is 32.6 Å². The molecule has 3 aromatic heterocycles. The number of hydrogen-bond donors (Lipinski definition) is 0. The van der Waals surface area contributed by atoms with E-state index < -0.39 is 55.1 Å². The van der Waals surface area contributed by atoms with Gasteiger partial charge in [-0.15, -0.1) is 0 Å². The molecule has 0 bridgehead atoms. The molecule has 2 aliphatic rings. The Balaban J connectivity index is 1.13. The minimum Gasteiger partial charge on any atom is -0.310 e. The van der Waals surface area contributed by atoms with Gasteiger partial charge in [0, 0.05) is 80.6 Å². The monoisotopic (exact) mass is 1160 g/mol. The first-order valence-electron chi connectivity index (χ1n) is 34.7. The lowest BCUT2D eigenvalue weighted by Crippen LogP contribution is -2.61. The number of rotatable bonds is 9. The van der Waals surface area contributed by atoms with Crippen LogP contribution in [0.2, 0.25) is 0 Å². The third-order valence-electron chi connectivity index (χ3n) is 18.1. The molecular formula is C84H66BN5. The Morgan fingerprint density at radius 3 is 1.02 bits per heavy atom. The molecule has 0 saturated carbocycles. The van der Waals surface area contributed by atoms with Crippen LogP contribution >= 0.6 is 0 Å².